The van der Waals surface area contributed by atoms with Crippen LogP contribution in [0.15, 0.2) is 12.4 Å². The fourth-order valence-electron chi connectivity index (χ4n) is 3.64. The fraction of sp³-hybridized carbons (Fsp3) is 0.500. The number of aryl methyl sites for hydroxylation is 2. The smallest absolute Gasteiger partial charge is 0.410 e. The predicted molar refractivity (Wildman–Crippen MR) is 104 cm³/mol. The lowest BCUT2D eigenvalue weighted by Gasteiger charge is -2.28. The largest absolute Gasteiger partial charge is 0.450 e. The van der Waals surface area contributed by atoms with Crippen LogP contribution in [-0.4, -0.2) is 51.4 Å². The van der Waals surface area contributed by atoms with Gasteiger partial charge in [-0.3, -0.25) is 14.5 Å². The molecule has 0 bridgehead atoms. The van der Waals surface area contributed by atoms with E-state index in [0.717, 1.165) is 28.9 Å². The second kappa shape index (κ2) is 8.41. The maximum atomic E-state index is 12.7. The number of nitrogens with one attached hydrogen (secondary N) is 1. The van der Waals surface area contributed by atoms with E-state index in [4.69, 9.17) is 4.74 Å². The zero-order valence-corrected chi connectivity index (χ0v) is 16.9. The number of aromatic nitrogens is 3. The molecule has 0 fully saturated rings. The molecule has 0 atom stereocenters. The number of nitrogens with zero attached hydrogens (tertiary/aromatic N) is 4. The second-order valence-corrected chi connectivity index (χ2v) is 6.97. The first-order chi connectivity index (χ1) is 13.4. The number of carbonyl (C=O) groups excluding carboxylic acids is 2. The quantitative estimate of drug-likeness (QED) is 0.849. The van der Waals surface area contributed by atoms with Crippen molar-refractivity contribution in [1.29, 1.82) is 0 Å². The van der Waals surface area contributed by atoms with Gasteiger partial charge in [0.25, 0.3) is 5.91 Å². The molecule has 0 aromatic carbocycles. The summed E-state index contributed by atoms with van der Waals surface area (Å²) in [5.41, 5.74) is 5.71. The van der Waals surface area contributed by atoms with Crippen molar-refractivity contribution in [2.75, 3.05) is 19.7 Å². The molecule has 0 radical (unpaired) electrons. The van der Waals surface area contributed by atoms with Crippen molar-refractivity contribution in [2.45, 2.75) is 40.2 Å². The van der Waals surface area contributed by atoms with Crippen LogP contribution in [0.2, 0.25) is 0 Å². The first-order valence-electron chi connectivity index (χ1n) is 9.57. The topological polar surface area (TPSA) is 89.3 Å². The Hall–Kier alpha value is -2.90. The van der Waals surface area contributed by atoms with Crippen LogP contribution in [0.25, 0.3) is 0 Å². The molecule has 1 aliphatic rings. The third-order valence-electron chi connectivity index (χ3n) is 5.23. The van der Waals surface area contributed by atoms with Crippen LogP contribution >= 0.6 is 0 Å². The van der Waals surface area contributed by atoms with Crippen LogP contribution in [0, 0.1) is 13.8 Å². The minimum Gasteiger partial charge on any atom is -0.450 e. The Morgan fingerprint density at radius 3 is 2.75 bits per heavy atom. The lowest BCUT2D eigenvalue weighted by molar-refractivity contribution is 0.0950. The maximum Gasteiger partial charge on any atom is 0.410 e. The molecular weight excluding hydrogens is 358 g/mol. The molecule has 0 unspecified atom stereocenters. The first-order valence-corrected chi connectivity index (χ1v) is 9.57. The van der Waals surface area contributed by atoms with Gasteiger partial charge in [0.15, 0.2) is 0 Å². The summed E-state index contributed by atoms with van der Waals surface area (Å²) in [6.45, 7) is 7.62. The van der Waals surface area contributed by atoms with Crippen molar-refractivity contribution in [3.63, 3.8) is 0 Å². The van der Waals surface area contributed by atoms with Crippen LogP contribution in [0.4, 0.5) is 4.79 Å². The number of hydrogen-bond acceptors (Lipinski definition) is 5. The molecule has 1 aliphatic heterocycles. The minimum atomic E-state index is -0.329. The standard InChI is InChI=1S/C20H27N5O3/c1-5-28-20(27)25-9-7-17-15(12-25)10-21-11-18(17)19(26)22-8-6-16-13(2)23-24(4)14(16)3/h10-11H,5-9,12H2,1-4H3,(H,22,26). The summed E-state index contributed by atoms with van der Waals surface area (Å²) in [6, 6.07) is 0. The van der Waals surface area contributed by atoms with Crippen molar-refractivity contribution < 1.29 is 14.3 Å². The van der Waals surface area contributed by atoms with E-state index in [9.17, 15) is 9.59 Å². The molecule has 28 heavy (non-hydrogen) atoms. The van der Waals surface area contributed by atoms with E-state index < -0.39 is 0 Å². The summed E-state index contributed by atoms with van der Waals surface area (Å²) >= 11 is 0. The highest BCUT2D eigenvalue weighted by Crippen LogP contribution is 2.22. The molecule has 0 saturated heterocycles. The van der Waals surface area contributed by atoms with E-state index in [1.807, 2.05) is 25.6 Å². The molecule has 2 amide bonds. The number of carbonyl (C=O) groups is 2. The SMILES string of the molecule is CCOC(=O)N1CCc2c(cncc2C(=O)NCCc2c(C)nn(C)c2C)C1. The number of pyridine rings is 1. The summed E-state index contributed by atoms with van der Waals surface area (Å²) in [4.78, 5) is 30.5. The van der Waals surface area contributed by atoms with E-state index in [-0.39, 0.29) is 12.0 Å². The number of hydrogen-bond donors (Lipinski definition) is 1. The van der Waals surface area contributed by atoms with Gasteiger partial charge in [-0.25, -0.2) is 4.79 Å². The van der Waals surface area contributed by atoms with Gasteiger partial charge in [-0.05, 0) is 50.3 Å². The highest BCUT2D eigenvalue weighted by Gasteiger charge is 2.25. The molecule has 8 nitrogen and oxygen atoms in total. The number of fused-ring (bicyclic) bond motifs is 1. The van der Waals surface area contributed by atoms with Gasteiger partial charge in [0.1, 0.15) is 0 Å². The summed E-state index contributed by atoms with van der Waals surface area (Å²) in [5, 5.41) is 7.40. The van der Waals surface area contributed by atoms with Gasteiger partial charge < -0.3 is 15.0 Å². The van der Waals surface area contributed by atoms with Crippen LogP contribution in [-0.2, 0) is 31.2 Å². The number of rotatable bonds is 5. The summed E-state index contributed by atoms with van der Waals surface area (Å²) in [5.74, 6) is -0.131. The molecule has 2 aromatic rings. The van der Waals surface area contributed by atoms with Crippen molar-refractivity contribution in [3.8, 4) is 0 Å². The first kappa shape index (κ1) is 19.9. The lowest BCUT2D eigenvalue weighted by atomic mass is 9.97. The van der Waals surface area contributed by atoms with Crippen molar-refractivity contribution in [2.24, 2.45) is 7.05 Å². The van der Waals surface area contributed by atoms with Crippen LogP contribution < -0.4 is 5.32 Å². The molecule has 150 valence electrons. The van der Waals surface area contributed by atoms with E-state index in [1.54, 1.807) is 24.2 Å². The van der Waals surface area contributed by atoms with E-state index in [0.29, 0.717) is 38.2 Å². The van der Waals surface area contributed by atoms with E-state index in [1.165, 1.54) is 5.56 Å². The average Bonchev–Trinajstić information content (AvgIpc) is 2.93. The Balaban J connectivity index is 1.65. The molecule has 0 aliphatic carbocycles. The Morgan fingerprint density at radius 1 is 1.29 bits per heavy atom. The normalized spacial score (nSPS) is 13.2. The Labute approximate surface area is 164 Å². The monoisotopic (exact) mass is 385 g/mol. The van der Waals surface area contributed by atoms with Crippen molar-refractivity contribution in [1.82, 2.24) is 25.0 Å². The highest BCUT2D eigenvalue weighted by atomic mass is 16.6. The average molecular weight is 385 g/mol. The summed E-state index contributed by atoms with van der Waals surface area (Å²) in [7, 11) is 1.92. The van der Waals surface area contributed by atoms with Crippen LogP contribution in [0.5, 0.6) is 0 Å². The highest BCUT2D eigenvalue weighted by molar-refractivity contribution is 5.95. The molecule has 0 saturated carbocycles. The Kier molecular flexibility index (Phi) is 5.96. The van der Waals surface area contributed by atoms with E-state index in [2.05, 4.69) is 15.4 Å². The molecule has 0 spiro atoms. The zero-order chi connectivity index (χ0) is 20.3. The molecule has 3 heterocycles. The van der Waals surface area contributed by atoms with Crippen LogP contribution in [0.1, 0.15) is 45.4 Å². The van der Waals surface area contributed by atoms with Gasteiger partial charge >= 0.3 is 6.09 Å². The zero-order valence-electron chi connectivity index (χ0n) is 16.9. The molecule has 3 rings (SSSR count). The van der Waals surface area contributed by atoms with Gasteiger partial charge in [-0.2, -0.15) is 5.10 Å². The molecular formula is C20H27N5O3. The fourth-order valence-corrected chi connectivity index (χ4v) is 3.64. The van der Waals surface area contributed by atoms with Gasteiger partial charge in [-0.1, -0.05) is 0 Å². The number of ether oxygens (including phenoxy) is 1. The van der Waals surface area contributed by atoms with Gasteiger partial charge in [-0.15, -0.1) is 0 Å². The Morgan fingerprint density at radius 2 is 2.07 bits per heavy atom. The third kappa shape index (κ3) is 4.00. The molecule has 1 N–H and O–H groups in total. The van der Waals surface area contributed by atoms with Gasteiger partial charge in [0.05, 0.1) is 24.4 Å². The predicted octanol–water partition coefficient (Wildman–Crippen LogP) is 1.92. The second-order valence-electron chi connectivity index (χ2n) is 6.97. The van der Waals surface area contributed by atoms with Crippen molar-refractivity contribution in [3.05, 3.63) is 46.0 Å². The van der Waals surface area contributed by atoms with Crippen molar-refractivity contribution >= 4 is 12.0 Å². The minimum absolute atomic E-state index is 0.131. The molecule has 8 heteroatoms. The van der Waals surface area contributed by atoms with E-state index >= 15 is 0 Å². The van der Waals surface area contributed by atoms with Gasteiger partial charge in [0, 0.05) is 38.2 Å². The Bertz CT molecular complexity index is 890. The van der Waals surface area contributed by atoms with Gasteiger partial charge in [0.2, 0.25) is 0 Å². The maximum absolute atomic E-state index is 12.7. The number of amides is 2. The molecule has 2 aromatic heterocycles. The third-order valence-corrected chi connectivity index (χ3v) is 5.23. The summed E-state index contributed by atoms with van der Waals surface area (Å²) in [6.07, 6.45) is 4.34. The lowest BCUT2D eigenvalue weighted by Crippen LogP contribution is -2.38. The summed E-state index contributed by atoms with van der Waals surface area (Å²) < 4.78 is 6.93. The van der Waals surface area contributed by atoms with Crippen LogP contribution in [0.3, 0.4) is 0 Å².